The lowest BCUT2D eigenvalue weighted by Gasteiger charge is -2.18. The lowest BCUT2D eigenvalue weighted by molar-refractivity contribution is -0.139. The molecule has 3 amide bonds. The Balaban J connectivity index is 1.82. The van der Waals surface area contributed by atoms with Crippen molar-refractivity contribution in [2.75, 3.05) is 32.8 Å². The van der Waals surface area contributed by atoms with E-state index >= 15 is 0 Å². The summed E-state index contributed by atoms with van der Waals surface area (Å²) in [7, 11) is 0. The molecule has 0 radical (unpaired) electrons. The van der Waals surface area contributed by atoms with Crippen molar-refractivity contribution in [3.05, 3.63) is 28.7 Å². The zero-order valence-corrected chi connectivity index (χ0v) is 17.3. The number of ether oxygens (including phenoxy) is 2. The van der Waals surface area contributed by atoms with Crippen LogP contribution in [0.4, 0.5) is 4.79 Å². The van der Waals surface area contributed by atoms with Gasteiger partial charge in [0.25, 0.3) is 11.1 Å². The Kier molecular flexibility index (Phi) is 6.99. The highest BCUT2D eigenvalue weighted by molar-refractivity contribution is 8.18. The highest BCUT2D eigenvalue weighted by Gasteiger charge is 2.37. The van der Waals surface area contributed by atoms with Crippen LogP contribution < -0.4 is 9.47 Å². The number of likely N-dealkylation sites (tertiary alicyclic amines) is 1. The van der Waals surface area contributed by atoms with Gasteiger partial charge in [0.15, 0.2) is 18.1 Å². The average Bonchev–Trinajstić information content (AvgIpc) is 3.32. The molecule has 0 saturated carbocycles. The van der Waals surface area contributed by atoms with Gasteiger partial charge in [0, 0.05) is 18.7 Å². The van der Waals surface area contributed by atoms with Crippen molar-refractivity contribution in [2.45, 2.75) is 19.8 Å². The van der Waals surface area contributed by atoms with Gasteiger partial charge in [-0.3, -0.25) is 19.3 Å². The number of hydrogen-bond donors (Lipinski definition) is 1. The quantitative estimate of drug-likeness (QED) is 0.620. The number of para-hydroxylation sites is 1. The summed E-state index contributed by atoms with van der Waals surface area (Å²) < 4.78 is 10.9. The van der Waals surface area contributed by atoms with Crippen LogP contribution in [0.5, 0.6) is 11.5 Å². The molecule has 160 valence electrons. The zero-order valence-electron chi connectivity index (χ0n) is 16.5. The first-order valence-electron chi connectivity index (χ1n) is 9.54. The minimum Gasteiger partial charge on any atom is -0.490 e. The Bertz CT molecular complexity index is 893. The van der Waals surface area contributed by atoms with Crippen molar-refractivity contribution in [3.8, 4) is 11.5 Å². The third kappa shape index (κ3) is 4.93. The molecule has 0 atom stereocenters. The number of rotatable bonds is 8. The van der Waals surface area contributed by atoms with Crippen molar-refractivity contribution >= 4 is 40.9 Å². The number of thioether (sulfide) groups is 1. The first-order valence-corrected chi connectivity index (χ1v) is 10.4. The second kappa shape index (κ2) is 9.66. The van der Waals surface area contributed by atoms with Crippen LogP contribution >= 0.6 is 11.8 Å². The molecule has 1 aromatic carbocycles. The highest BCUT2D eigenvalue weighted by Crippen LogP contribution is 2.37. The predicted octanol–water partition coefficient (Wildman–Crippen LogP) is 2.21. The molecule has 1 N–H and O–H groups in total. The number of nitrogens with zero attached hydrogens (tertiary/aromatic N) is 2. The maximum Gasteiger partial charge on any atom is 0.341 e. The predicted molar refractivity (Wildman–Crippen MR) is 109 cm³/mol. The molecule has 2 aliphatic heterocycles. The molecule has 2 fully saturated rings. The van der Waals surface area contributed by atoms with Gasteiger partial charge < -0.3 is 19.5 Å². The monoisotopic (exact) mass is 434 g/mol. The van der Waals surface area contributed by atoms with Crippen molar-refractivity contribution in [2.24, 2.45) is 0 Å². The van der Waals surface area contributed by atoms with E-state index in [0.717, 1.165) is 29.5 Å². The number of aliphatic carboxylic acids is 1. The molecule has 0 aromatic heterocycles. The number of imide groups is 1. The molecule has 0 spiro atoms. The Morgan fingerprint density at radius 2 is 1.93 bits per heavy atom. The normalized spacial score (nSPS) is 17.7. The van der Waals surface area contributed by atoms with Crippen LogP contribution in [0.1, 0.15) is 25.3 Å². The summed E-state index contributed by atoms with van der Waals surface area (Å²) in [6.07, 6.45) is 3.29. The van der Waals surface area contributed by atoms with Gasteiger partial charge in [-0.25, -0.2) is 4.79 Å². The highest BCUT2D eigenvalue weighted by atomic mass is 32.2. The Morgan fingerprint density at radius 3 is 2.60 bits per heavy atom. The first-order chi connectivity index (χ1) is 14.4. The molecule has 9 nitrogen and oxygen atoms in total. The Labute approximate surface area is 177 Å². The van der Waals surface area contributed by atoms with Gasteiger partial charge in [0.2, 0.25) is 5.91 Å². The summed E-state index contributed by atoms with van der Waals surface area (Å²) in [5.74, 6) is -1.48. The van der Waals surface area contributed by atoms with Crippen molar-refractivity contribution < 1.29 is 33.8 Å². The van der Waals surface area contributed by atoms with Crippen LogP contribution in [0.15, 0.2) is 23.1 Å². The van der Waals surface area contributed by atoms with E-state index in [4.69, 9.17) is 14.6 Å². The minimum absolute atomic E-state index is 0.128. The number of hydrogen-bond acceptors (Lipinski definition) is 7. The van der Waals surface area contributed by atoms with Crippen LogP contribution in [-0.4, -0.2) is 70.8 Å². The molecule has 3 rings (SSSR count). The van der Waals surface area contributed by atoms with Crippen molar-refractivity contribution in [1.29, 1.82) is 0 Å². The van der Waals surface area contributed by atoms with Gasteiger partial charge in [-0.2, -0.15) is 0 Å². The zero-order chi connectivity index (χ0) is 21.7. The lowest BCUT2D eigenvalue weighted by atomic mass is 10.1. The molecule has 2 aliphatic rings. The summed E-state index contributed by atoms with van der Waals surface area (Å²) in [6, 6.07) is 4.92. The summed E-state index contributed by atoms with van der Waals surface area (Å²) in [4.78, 5) is 51.0. The Hall–Kier alpha value is -3.01. The van der Waals surface area contributed by atoms with E-state index in [9.17, 15) is 19.2 Å². The fraction of sp³-hybridized carbons (Fsp3) is 0.400. The van der Waals surface area contributed by atoms with E-state index in [2.05, 4.69) is 0 Å². The van der Waals surface area contributed by atoms with E-state index in [1.165, 1.54) is 6.08 Å². The molecular formula is C20H22N2O7S. The van der Waals surface area contributed by atoms with Crippen LogP contribution in [-0.2, 0) is 14.4 Å². The molecule has 30 heavy (non-hydrogen) atoms. The van der Waals surface area contributed by atoms with Gasteiger partial charge in [-0.15, -0.1) is 0 Å². The van der Waals surface area contributed by atoms with Crippen LogP contribution in [0.3, 0.4) is 0 Å². The fourth-order valence-electron chi connectivity index (χ4n) is 3.18. The van der Waals surface area contributed by atoms with Crippen molar-refractivity contribution in [1.82, 2.24) is 9.80 Å². The SMILES string of the molecule is CCOc1cccc(C=C2SC(=O)N(CC(=O)N3CCCC3)C2=O)c1OCC(=O)O. The maximum absolute atomic E-state index is 12.7. The summed E-state index contributed by atoms with van der Waals surface area (Å²) >= 11 is 0.729. The number of amides is 3. The summed E-state index contributed by atoms with van der Waals surface area (Å²) in [5, 5.41) is 8.41. The maximum atomic E-state index is 12.7. The number of carboxylic acids is 1. The molecule has 1 aromatic rings. The molecule has 2 heterocycles. The molecule has 10 heteroatoms. The smallest absolute Gasteiger partial charge is 0.341 e. The van der Waals surface area contributed by atoms with Gasteiger partial charge in [0.05, 0.1) is 11.5 Å². The van der Waals surface area contributed by atoms with Gasteiger partial charge in [-0.1, -0.05) is 12.1 Å². The largest absolute Gasteiger partial charge is 0.490 e. The first kappa shape index (κ1) is 21.7. The van der Waals surface area contributed by atoms with Crippen molar-refractivity contribution in [3.63, 3.8) is 0 Å². The molecule has 0 unspecified atom stereocenters. The van der Waals surface area contributed by atoms with E-state index in [-0.39, 0.29) is 23.1 Å². The second-order valence-electron chi connectivity index (χ2n) is 6.65. The molecule has 0 bridgehead atoms. The number of benzene rings is 1. The van der Waals surface area contributed by atoms with Gasteiger partial charge >= 0.3 is 5.97 Å². The summed E-state index contributed by atoms with van der Waals surface area (Å²) in [5.41, 5.74) is 0.401. The number of carboxylic acid groups (broad SMARTS) is 1. The fourth-order valence-corrected chi connectivity index (χ4v) is 4.01. The third-order valence-electron chi connectivity index (χ3n) is 4.56. The van der Waals surface area contributed by atoms with Crippen LogP contribution in [0.25, 0.3) is 6.08 Å². The number of carbonyl (C=O) groups excluding carboxylic acids is 3. The minimum atomic E-state index is -1.16. The topological polar surface area (TPSA) is 113 Å². The Morgan fingerprint density at radius 1 is 1.20 bits per heavy atom. The number of carbonyl (C=O) groups is 4. The van der Waals surface area contributed by atoms with E-state index < -0.39 is 23.7 Å². The standard InChI is InChI=1S/C20H22N2O7S/c1-2-28-14-7-5-6-13(18(14)29-12-17(24)25)10-15-19(26)22(20(27)30-15)11-16(23)21-8-3-4-9-21/h5-7,10H,2-4,8-9,11-12H2,1H3,(H,24,25). The van der Waals surface area contributed by atoms with E-state index in [1.54, 1.807) is 30.0 Å². The van der Waals surface area contributed by atoms with Gasteiger partial charge in [0.1, 0.15) is 6.54 Å². The lowest BCUT2D eigenvalue weighted by Crippen LogP contribution is -2.40. The second-order valence-corrected chi connectivity index (χ2v) is 7.64. The van der Waals surface area contributed by atoms with Crippen LogP contribution in [0.2, 0.25) is 0 Å². The molecule has 0 aliphatic carbocycles. The summed E-state index contributed by atoms with van der Waals surface area (Å²) in [6.45, 7) is 2.51. The van der Waals surface area contributed by atoms with Crippen LogP contribution in [0, 0.1) is 0 Å². The van der Waals surface area contributed by atoms with Gasteiger partial charge in [-0.05, 0) is 43.7 Å². The molecular weight excluding hydrogens is 412 g/mol. The van der Waals surface area contributed by atoms with E-state index in [0.29, 0.717) is 31.0 Å². The molecule has 2 saturated heterocycles. The third-order valence-corrected chi connectivity index (χ3v) is 5.47. The average molecular weight is 434 g/mol. The van der Waals surface area contributed by atoms with E-state index in [1.807, 2.05) is 0 Å².